The largest absolute Gasteiger partial charge is 0.435 e. The molecular weight excluding hydrogens is 458 g/mol. The highest BCUT2D eigenvalue weighted by atomic mass is 32.1. The maximum atomic E-state index is 12.5. The lowest BCUT2D eigenvalue weighted by Crippen LogP contribution is -2.48. The number of benzene rings is 1. The number of nitrogens with one attached hydrogen (secondary N) is 1. The Morgan fingerprint density at radius 2 is 1.88 bits per heavy atom. The zero-order valence-corrected chi connectivity index (χ0v) is 19.8. The Kier molecular flexibility index (Phi) is 5.63. The highest BCUT2D eigenvalue weighted by molar-refractivity contribution is 7.10. The molecule has 0 spiro atoms. The molecule has 3 aliphatic rings. The Labute approximate surface area is 201 Å². The summed E-state index contributed by atoms with van der Waals surface area (Å²) in [5.74, 6) is 3.07. The van der Waals surface area contributed by atoms with Crippen molar-refractivity contribution in [3.63, 3.8) is 0 Å². The molecule has 0 amide bonds. The molecule has 1 saturated heterocycles. The minimum atomic E-state index is -2.81. The van der Waals surface area contributed by atoms with Gasteiger partial charge in [0.2, 0.25) is 5.95 Å². The average molecular weight is 487 g/mol. The average Bonchev–Trinajstić information content (AvgIpc) is 3.49. The van der Waals surface area contributed by atoms with Crippen LogP contribution in [0.15, 0.2) is 30.3 Å². The van der Waals surface area contributed by atoms with Crippen LogP contribution in [0.2, 0.25) is 0 Å². The van der Waals surface area contributed by atoms with Crippen LogP contribution in [0.5, 0.6) is 5.75 Å². The third-order valence-corrected chi connectivity index (χ3v) is 8.38. The van der Waals surface area contributed by atoms with E-state index in [4.69, 9.17) is 10.1 Å². The van der Waals surface area contributed by atoms with Crippen LogP contribution < -0.4 is 15.0 Å². The molecule has 2 aromatic heterocycles. The monoisotopic (exact) mass is 486 g/mol. The lowest BCUT2D eigenvalue weighted by molar-refractivity contribution is -0.0498. The van der Waals surface area contributed by atoms with E-state index >= 15 is 0 Å². The molecule has 1 unspecified atom stereocenters. The number of rotatable bonds is 6. The van der Waals surface area contributed by atoms with E-state index in [2.05, 4.69) is 25.4 Å². The molecular formula is C24H28F2N6OS. The van der Waals surface area contributed by atoms with E-state index in [1.807, 2.05) is 23.7 Å². The summed E-state index contributed by atoms with van der Waals surface area (Å²) in [5, 5.41) is 9.77. The van der Waals surface area contributed by atoms with Gasteiger partial charge in [-0.25, -0.2) is 4.68 Å². The number of aromatic nitrogens is 4. The van der Waals surface area contributed by atoms with E-state index in [1.165, 1.54) is 17.8 Å². The molecule has 2 aliphatic heterocycles. The summed E-state index contributed by atoms with van der Waals surface area (Å²) in [6.45, 7) is 2.17. The number of fused-ring (bicyclic) bond motifs is 3. The van der Waals surface area contributed by atoms with Crippen LogP contribution in [-0.2, 0) is 6.54 Å². The zero-order chi connectivity index (χ0) is 23.2. The van der Waals surface area contributed by atoms with Crippen molar-refractivity contribution in [2.75, 3.05) is 23.3 Å². The van der Waals surface area contributed by atoms with Crippen molar-refractivity contribution in [2.45, 2.75) is 57.7 Å². The summed E-state index contributed by atoms with van der Waals surface area (Å²) in [6.07, 6.45) is 4.42. The highest BCUT2D eigenvalue weighted by Crippen LogP contribution is 2.41. The Morgan fingerprint density at radius 3 is 2.56 bits per heavy atom. The van der Waals surface area contributed by atoms with Crippen LogP contribution in [0.1, 0.15) is 48.7 Å². The molecule has 1 saturated carbocycles. The van der Waals surface area contributed by atoms with Crippen LogP contribution in [0.3, 0.4) is 0 Å². The lowest BCUT2D eigenvalue weighted by Gasteiger charge is -2.38. The van der Waals surface area contributed by atoms with Crippen molar-refractivity contribution in [3.8, 4) is 5.75 Å². The first kappa shape index (κ1) is 21.8. The summed E-state index contributed by atoms with van der Waals surface area (Å²) >= 11 is 1.60. The molecule has 180 valence electrons. The summed E-state index contributed by atoms with van der Waals surface area (Å²) in [7, 11) is 0. The smallest absolute Gasteiger partial charge is 0.387 e. The van der Waals surface area contributed by atoms with Gasteiger partial charge in [0.15, 0.2) is 0 Å². The first-order chi connectivity index (χ1) is 16.5. The van der Waals surface area contributed by atoms with Crippen LogP contribution >= 0.6 is 11.5 Å². The number of halogens is 2. The van der Waals surface area contributed by atoms with E-state index in [9.17, 15) is 8.78 Å². The molecule has 7 nitrogen and oxygen atoms in total. The van der Waals surface area contributed by atoms with Gasteiger partial charge in [-0.05, 0) is 79.7 Å². The van der Waals surface area contributed by atoms with Gasteiger partial charge in [-0.3, -0.25) is 0 Å². The number of ether oxygens (including phenoxy) is 1. The predicted molar refractivity (Wildman–Crippen MR) is 127 cm³/mol. The second-order valence-electron chi connectivity index (χ2n) is 9.64. The molecule has 10 heteroatoms. The van der Waals surface area contributed by atoms with Gasteiger partial charge in [0.1, 0.15) is 16.6 Å². The lowest BCUT2D eigenvalue weighted by atomic mass is 9.91. The minimum absolute atomic E-state index is 0.102. The molecule has 1 aliphatic carbocycles. The molecule has 1 aromatic carbocycles. The highest BCUT2D eigenvalue weighted by Gasteiger charge is 2.43. The Balaban J connectivity index is 1.17. The van der Waals surface area contributed by atoms with E-state index < -0.39 is 6.61 Å². The van der Waals surface area contributed by atoms with E-state index in [0.717, 1.165) is 49.6 Å². The van der Waals surface area contributed by atoms with E-state index in [1.54, 1.807) is 23.7 Å². The van der Waals surface area contributed by atoms with Gasteiger partial charge in [0.05, 0.1) is 5.69 Å². The van der Waals surface area contributed by atoms with E-state index in [0.29, 0.717) is 23.8 Å². The fourth-order valence-corrected chi connectivity index (χ4v) is 6.67. The fraction of sp³-hybridized carbons (Fsp3) is 0.542. The number of hydrogen-bond donors (Lipinski definition) is 1. The van der Waals surface area contributed by atoms with Crippen LogP contribution in [0.4, 0.5) is 19.7 Å². The van der Waals surface area contributed by atoms with Crippen LogP contribution in [0, 0.1) is 18.8 Å². The normalized spacial score (nSPS) is 26.1. The van der Waals surface area contributed by atoms with Gasteiger partial charge in [-0.2, -0.15) is 18.1 Å². The van der Waals surface area contributed by atoms with Crippen LogP contribution in [0.25, 0.3) is 0 Å². The van der Waals surface area contributed by atoms with Crippen LogP contribution in [-0.4, -0.2) is 44.9 Å². The van der Waals surface area contributed by atoms with Gasteiger partial charge in [0, 0.05) is 31.6 Å². The Bertz CT molecular complexity index is 1130. The first-order valence-electron chi connectivity index (χ1n) is 12.0. The third-order valence-electron chi connectivity index (χ3n) is 7.44. The number of hydrogen-bond acceptors (Lipinski definition) is 7. The van der Waals surface area contributed by atoms with Gasteiger partial charge >= 0.3 is 6.61 Å². The van der Waals surface area contributed by atoms with Gasteiger partial charge < -0.3 is 15.0 Å². The van der Waals surface area contributed by atoms with Crippen molar-refractivity contribution in [1.29, 1.82) is 0 Å². The molecule has 1 N–H and O–H groups in total. The number of anilines is 2. The molecule has 0 radical (unpaired) electrons. The molecule has 4 atom stereocenters. The first-order valence-corrected chi connectivity index (χ1v) is 12.7. The molecule has 6 rings (SSSR count). The quantitative estimate of drug-likeness (QED) is 0.535. The number of aryl methyl sites for hydroxylation is 2. The van der Waals surface area contributed by atoms with Crippen molar-refractivity contribution < 1.29 is 13.5 Å². The summed E-state index contributed by atoms with van der Waals surface area (Å²) in [5.41, 5.74) is 2.14. The fourth-order valence-electron chi connectivity index (χ4n) is 5.90. The van der Waals surface area contributed by atoms with E-state index in [-0.39, 0.29) is 11.7 Å². The second-order valence-corrected chi connectivity index (χ2v) is 10.4. The SMILES string of the molecule is Cc1cc(N2C[C@H]3CC[C@@H](C2)[C@@H]3Nc2nc3n(n2)CCCC3c2ccc(OC(F)F)cc2)sn1. The number of piperidine rings is 1. The summed E-state index contributed by atoms with van der Waals surface area (Å²) in [6, 6.07) is 9.50. The van der Waals surface area contributed by atoms with Crippen molar-refractivity contribution >= 4 is 22.5 Å². The van der Waals surface area contributed by atoms with Gasteiger partial charge in [0.25, 0.3) is 0 Å². The Morgan fingerprint density at radius 1 is 1.12 bits per heavy atom. The molecule has 34 heavy (non-hydrogen) atoms. The molecule has 4 heterocycles. The zero-order valence-electron chi connectivity index (χ0n) is 19.0. The Hall–Kier alpha value is -2.75. The summed E-state index contributed by atoms with van der Waals surface area (Å²) < 4.78 is 35.9. The number of alkyl halides is 2. The van der Waals surface area contributed by atoms with Crippen molar-refractivity contribution in [2.24, 2.45) is 11.8 Å². The maximum Gasteiger partial charge on any atom is 0.387 e. The van der Waals surface area contributed by atoms with Crippen molar-refractivity contribution in [1.82, 2.24) is 19.1 Å². The minimum Gasteiger partial charge on any atom is -0.435 e. The summed E-state index contributed by atoms with van der Waals surface area (Å²) in [4.78, 5) is 7.41. The van der Waals surface area contributed by atoms with Crippen molar-refractivity contribution in [3.05, 3.63) is 47.4 Å². The topological polar surface area (TPSA) is 68.1 Å². The maximum absolute atomic E-state index is 12.5. The molecule has 3 aromatic rings. The molecule has 2 fully saturated rings. The van der Waals surface area contributed by atoms with Gasteiger partial charge in [-0.1, -0.05) is 12.1 Å². The third kappa shape index (κ3) is 4.12. The standard InChI is InChI=1S/C24H28F2N6OS/c1-14-11-20(34-30-14)31-12-16-4-5-17(13-31)21(16)27-24-28-22-19(3-2-10-32(22)29-24)15-6-8-18(9-7-15)33-23(25)26/h6-9,11,16-17,19,21,23H,2-5,10,12-13H2,1H3,(H,27,29)/t16-,17+,19?,21-. The molecule has 2 bridgehead atoms. The number of nitrogens with zero attached hydrogens (tertiary/aromatic N) is 5. The second kappa shape index (κ2) is 8.79. The predicted octanol–water partition coefficient (Wildman–Crippen LogP) is 4.90. The van der Waals surface area contributed by atoms with Gasteiger partial charge in [-0.15, -0.1) is 5.10 Å².